The lowest BCUT2D eigenvalue weighted by atomic mass is 10.1. The average Bonchev–Trinajstić information content (AvgIpc) is 3.25. The number of hydrogen-bond acceptors (Lipinski definition) is 5. The molecule has 4 aromatic rings. The number of aromatic amines is 1. The van der Waals surface area contributed by atoms with Crippen molar-refractivity contribution in [3.8, 4) is 11.4 Å². The number of H-pyrrole nitrogens is 1. The first-order chi connectivity index (χ1) is 11.3. The number of carbonyl (C=O) groups is 1. The number of benzene rings is 2. The Morgan fingerprint density at radius 2 is 2.04 bits per heavy atom. The van der Waals surface area contributed by atoms with E-state index in [2.05, 4.69) is 25.9 Å². The highest BCUT2D eigenvalue weighted by Gasteiger charge is 2.12. The zero-order valence-electron chi connectivity index (χ0n) is 11.9. The quantitative estimate of drug-likeness (QED) is 0.606. The van der Waals surface area contributed by atoms with Crippen LogP contribution in [0.1, 0.15) is 10.4 Å². The zero-order valence-corrected chi connectivity index (χ0v) is 12.7. The number of nitrogens with one attached hydrogen (secondary N) is 2. The normalized spacial score (nSPS) is 10.8. The van der Waals surface area contributed by atoms with E-state index in [1.807, 2.05) is 53.9 Å². The molecule has 0 spiro atoms. The van der Waals surface area contributed by atoms with Crippen LogP contribution in [0.15, 0.2) is 53.9 Å². The number of aromatic nitrogens is 4. The average molecular weight is 321 g/mol. The standard InChI is InChI=1S/C16H11N5OS/c22-16(13-9-23-14-7-2-1-6-12(13)14)17-11-5-3-4-10(8-11)15-18-20-21-19-15/h1-9H,(H,17,22)(H,18,19,20,21). The molecule has 23 heavy (non-hydrogen) atoms. The maximum atomic E-state index is 12.5. The van der Waals surface area contributed by atoms with E-state index < -0.39 is 0 Å². The van der Waals surface area contributed by atoms with Crippen LogP contribution < -0.4 is 5.32 Å². The summed E-state index contributed by atoms with van der Waals surface area (Å²) in [5, 5.41) is 19.6. The summed E-state index contributed by atoms with van der Waals surface area (Å²) in [5.41, 5.74) is 2.15. The number of nitrogens with zero attached hydrogens (tertiary/aromatic N) is 3. The van der Waals surface area contributed by atoms with E-state index in [0.29, 0.717) is 17.1 Å². The Hall–Kier alpha value is -3.06. The Morgan fingerprint density at radius 1 is 1.13 bits per heavy atom. The molecule has 2 aromatic carbocycles. The van der Waals surface area contributed by atoms with Gasteiger partial charge in [-0.3, -0.25) is 4.79 Å². The number of amides is 1. The van der Waals surface area contributed by atoms with Crippen LogP contribution in [0.5, 0.6) is 0 Å². The summed E-state index contributed by atoms with van der Waals surface area (Å²) in [6.07, 6.45) is 0. The van der Waals surface area contributed by atoms with Crippen molar-refractivity contribution < 1.29 is 4.79 Å². The molecule has 2 heterocycles. The van der Waals surface area contributed by atoms with Gasteiger partial charge in [0, 0.05) is 26.7 Å². The van der Waals surface area contributed by atoms with E-state index in [1.165, 1.54) is 0 Å². The molecule has 7 heteroatoms. The molecule has 0 aliphatic rings. The van der Waals surface area contributed by atoms with Gasteiger partial charge in [-0.15, -0.1) is 21.5 Å². The fraction of sp³-hybridized carbons (Fsp3) is 0. The van der Waals surface area contributed by atoms with Gasteiger partial charge in [-0.2, -0.15) is 5.21 Å². The van der Waals surface area contributed by atoms with Gasteiger partial charge in [0.05, 0.1) is 5.56 Å². The fourth-order valence-corrected chi connectivity index (χ4v) is 3.31. The highest BCUT2D eigenvalue weighted by atomic mass is 32.1. The lowest BCUT2D eigenvalue weighted by molar-refractivity contribution is 0.102. The molecule has 112 valence electrons. The van der Waals surface area contributed by atoms with Crippen molar-refractivity contribution in [3.63, 3.8) is 0 Å². The Kier molecular flexibility index (Phi) is 3.32. The van der Waals surface area contributed by atoms with Gasteiger partial charge in [-0.05, 0) is 23.4 Å². The van der Waals surface area contributed by atoms with Gasteiger partial charge >= 0.3 is 0 Å². The zero-order chi connectivity index (χ0) is 15.6. The topological polar surface area (TPSA) is 83.6 Å². The second-order valence-electron chi connectivity index (χ2n) is 4.92. The van der Waals surface area contributed by atoms with Crippen LogP contribution in [-0.4, -0.2) is 26.5 Å². The minimum absolute atomic E-state index is 0.132. The minimum atomic E-state index is -0.132. The van der Waals surface area contributed by atoms with Gasteiger partial charge in [0.25, 0.3) is 5.91 Å². The first kappa shape index (κ1) is 13.6. The van der Waals surface area contributed by atoms with Crippen LogP contribution >= 0.6 is 11.3 Å². The molecule has 0 unspecified atom stereocenters. The molecular formula is C16H11N5OS. The Bertz CT molecular complexity index is 977. The van der Waals surface area contributed by atoms with Crippen molar-refractivity contribution in [1.29, 1.82) is 0 Å². The van der Waals surface area contributed by atoms with Gasteiger partial charge in [0.1, 0.15) is 0 Å². The van der Waals surface area contributed by atoms with Crippen molar-refractivity contribution in [2.45, 2.75) is 0 Å². The van der Waals surface area contributed by atoms with E-state index in [4.69, 9.17) is 0 Å². The third kappa shape index (κ3) is 2.58. The summed E-state index contributed by atoms with van der Waals surface area (Å²) >= 11 is 1.56. The predicted octanol–water partition coefficient (Wildman–Crippen LogP) is 3.33. The lowest BCUT2D eigenvalue weighted by Crippen LogP contribution is -2.11. The van der Waals surface area contributed by atoms with E-state index >= 15 is 0 Å². The van der Waals surface area contributed by atoms with Crippen molar-refractivity contribution in [2.24, 2.45) is 0 Å². The van der Waals surface area contributed by atoms with Crippen LogP contribution in [0, 0.1) is 0 Å². The third-order valence-electron chi connectivity index (χ3n) is 3.45. The summed E-state index contributed by atoms with van der Waals surface area (Å²) < 4.78 is 1.10. The number of carbonyl (C=O) groups excluding carboxylic acids is 1. The molecule has 2 N–H and O–H groups in total. The molecule has 0 aliphatic carbocycles. The number of fused-ring (bicyclic) bond motifs is 1. The van der Waals surface area contributed by atoms with Crippen LogP contribution in [0.4, 0.5) is 5.69 Å². The summed E-state index contributed by atoms with van der Waals surface area (Å²) in [5.74, 6) is 0.356. The molecule has 6 nitrogen and oxygen atoms in total. The molecule has 0 saturated heterocycles. The molecule has 0 fully saturated rings. The van der Waals surface area contributed by atoms with Crippen LogP contribution in [0.25, 0.3) is 21.5 Å². The van der Waals surface area contributed by atoms with Crippen molar-refractivity contribution >= 4 is 33.0 Å². The maximum Gasteiger partial charge on any atom is 0.257 e. The minimum Gasteiger partial charge on any atom is -0.322 e. The summed E-state index contributed by atoms with van der Waals surface area (Å²) in [7, 11) is 0. The number of thiophene rings is 1. The monoisotopic (exact) mass is 321 g/mol. The maximum absolute atomic E-state index is 12.5. The van der Waals surface area contributed by atoms with E-state index in [1.54, 1.807) is 11.3 Å². The SMILES string of the molecule is O=C(Nc1cccc(-c2nn[nH]n2)c1)c1csc2ccccc12. The Morgan fingerprint density at radius 3 is 2.91 bits per heavy atom. The predicted molar refractivity (Wildman–Crippen MR) is 89.4 cm³/mol. The molecule has 4 rings (SSSR count). The molecule has 0 aliphatic heterocycles. The van der Waals surface area contributed by atoms with Crippen LogP contribution in [0.2, 0.25) is 0 Å². The van der Waals surface area contributed by atoms with Gasteiger partial charge < -0.3 is 5.32 Å². The van der Waals surface area contributed by atoms with Crippen LogP contribution in [-0.2, 0) is 0 Å². The first-order valence-corrected chi connectivity index (χ1v) is 7.81. The molecule has 0 atom stereocenters. The third-order valence-corrected chi connectivity index (χ3v) is 4.41. The van der Waals surface area contributed by atoms with Gasteiger partial charge in [0.2, 0.25) is 5.82 Å². The number of tetrazole rings is 1. The van der Waals surface area contributed by atoms with Gasteiger partial charge in [-0.1, -0.05) is 30.3 Å². The number of anilines is 1. The summed E-state index contributed by atoms with van der Waals surface area (Å²) in [4.78, 5) is 12.5. The number of hydrogen-bond donors (Lipinski definition) is 2. The molecular weight excluding hydrogens is 310 g/mol. The molecule has 2 aromatic heterocycles. The van der Waals surface area contributed by atoms with Gasteiger partial charge in [-0.25, -0.2) is 0 Å². The van der Waals surface area contributed by atoms with E-state index in [-0.39, 0.29) is 5.91 Å². The van der Waals surface area contributed by atoms with Crippen molar-refractivity contribution in [2.75, 3.05) is 5.32 Å². The highest BCUT2D eigenvalue weighted by Crippen LogP contribution is 2.26. The Balaban J connectivity index is 1.63. The van der Waals surface area contributed by atoms with Crippen molar-refractivity contribution in [3.05, 3.63) is 59.5 Å². The fourth-order valence-electron chi connectivity index (χ4n) is 2.37. The molecule has 1 amide bonds. The van der Waals surface area contributed by atoms with Crippen LogP contribution in [0.3, 0.4) is 0 Å². The van der Waals surface area contributed by atoms with E-state index in [9.17, 15) is 4.79 Å². The summed E-state index contributed by atoms with van der Waals surface area (Å²) in [6.45, 7) is 0. The Labute approximate surface area is 135 Å². The second-order valence-corrected chi connectivity index (χ2v) is 5.83. The van der Waals surface area contributed by atoms with E-state index in [0.717, 1.165) is 15.6 Å². The summed E-state index contributed by atoms with van der Waals surface area (Å²) in [6, 6.07) is 15.2. The molecule has 0 bridgehead atoms. The smallest absolute Gasteiger partial charge is 0.257 e. The molecule has 0 saturated carbocycles. The highest BCUT2D eigenvalue weighted by molar-refractivity contribution is 7.17. The largest absolute Gasteiger partial charge is 0.322 e. The first-order valence-electron chi connectivity index (χ1n) is 6.93. The van der Waals surface area contributed by atoms with Gasteiger partial charge in [0.15, 0.2) is 0 Å². The molecule has 0 radical (unpaired) electrons. The second kappa shape index (κ2) is 5.62. The number of rotatable bonds is 3. The van der Waals surface area contributed by atoms with Crippen molar-refractivity contribution in [1.82, 2.24) is 20.6 Å². The lowest BCUT2D eigenvalue weighted by Gasteiger charge is -2.05.